The van der Waals surface area contributed by atoms with Crippen molar-refractivity contribution in [3.63, 3.8) is 0 Å². The van der Waals surface area contributed by atoms with E-state index in [0.717, 1.165) is 11.1 Å². The molecular formula is C14H17NO. The van der Waals surface area contributed by atoms with Gasteiger partial charge in [0.25, 0.3) is 0 Å². The second-order valence-corrected chi connectivity index (χ2v) is 3.70. The molecule has 0 aliphatic rings. The summed E-state index contributed by atoms with van der Waals surface area (Å²) in [7, 11) is 0. The molecule has 0 atom stereocenters. The summed E-state index contributed by atoms with van der Waals surface area (Å²) in [6.07, 6.45) is 6.34. The molecule has 1 N–H and O–H groups in total. The molecule has 0 aliphatic carbocycles. The zero-order valence-electron chi connectivity index (χ0n) is 9.95. The molecule has 1 aromatic rings. The Morgan fingerprint density at radius 2 is 2.06 bits per heavy atom. The largest absolute Gasteiger partial charge is 0.335 e. The van der Waals surface area contributed by atoms with Crippen molar-refractivity contribution in [2.45, 2.75) is 20.8 Å². The standard InChI is InChI=1S/C14H17NO/c1-4-5-13(9-15-10-16)14-8-11(2)6-7-12(14)3/h4-10H,1-3H3,(H,15,16)/b5-4-,13-9+. The zero-order valence-corrected chi connectivity index (χ0v) is 9.95. The summed E-state index contributed by atoms with van der Waals surface area (Å²) in [5.41, 5.74) is 4.56. The Morgan fingerprint density at radius 3 is 2.69 bits per heavy atom. The number of carbonyl (C=O) groups excluding carboxylic acids is 1. The van der Waals surface area contributed by atoms with Crippen LogP contribution in [0.2, 0.25) is 0 Å². The van der Waals surface area contributed by atoms with Gasteiger partial charge in [0.2, 0.25) is 6.41 Å². The lowest BCUT2D eigenvalue weighted by Crippen LogP contribution is -2.01. The maximum absolute atomic E-state index is 10.3. The molecule has 16 heavy (non-hydrogen) atoms. The fourth-order valence-electron chi connectivity index (χ4n) is 1.57. The number of rotatable bonds is 4. The van der Waals surface area contributed by atoms with Crippen LogP contribution in [0.1, 0.15) is 23.6 Å². The van der Waals surface area contributed by atoms with Crippen molar-refractivity contribution < 1.29 is 4.79 Å². The predicted octanol–water partition coefficient (Wildman–Crippen LogP) is 2.97. The van der Waals surface area contributed by atoms with Crippen LogP contribution in [0.3, 0.4) is 0 Å². The molecule has 0 unspecified atom stereocenters. The first kappa shape index (κ1) is 12.2. The first-order valence-electron chi connectivity index (χ1n) is 5.29. The summed E-state index contributed by atoms with van der Waals surface area (Å²) in [6.45, 7) is 6.08. The number of amides is 1. The Morgan fingerprint density at radius 1 is 1.31 bits per heavy atom. The van der Waals surface area contributed by atoms with Gasteiger partial charge in [0.15, 0.2) is 0 Å². The zero-order chi connectivity index (χ0) is 12.0. The summed E-state index contributed by atoms with van der Waals surface area (Å²) in [4.78, 5) is 10.3. The molecule has 0 spiro atoms. The maximum Gasteiger partial charge on any atom is 0.211 e. The average molecular weight is 215 g/mol. The Labute approximate surface area is 96.7 Å². The molecule has 2 nitrogen and oxygen atoms in total. The molecule has 0 aromatic heterocycles. The van der Waals surface area contributed by atoms with E-state index in [2.05, 4.69) is 37.4 Å². The van der Waals surface area contributed by atoms with Crippen LogP contribution < -0.4 is 5.32 Å². The summed E-state index contributed by atoms with van der Waals surface area (Å²) in [5, 5.41) is 2.58. The van der Waals surface area contributed by atoms with Crippen LogP contribution >= 0.6 is 0 Å². The van der Waals surface area contributed by atoms with Crippen molar-refractivity contribution in [2.24, 2.45) is 0 Å². The van der Waals surface area contributed by atoms with Crippen molar-refractivity contribution in [1.29, 1.82) is 0 Å². The lowest BCUT2D eigenvalue weighted by atomic mass is 9.98. The highest BCUT2D eigenvalue weighted by Gasteiger charge is 2.02. The minimum Gasteiger partial charge on any atom is -0.335 e. The first-order valence-corrected chi connectivity index (χ1v) is 5.29. The third-order valence-electron chi connectivity index (χ3n) is 2.36. The topological polar surface area (TPSA) is 29.1 Å². The van der Waals surface area contributed by atoms with E-state index in [-0.39, 0.29) is 0 Å². The van der Waals surface area contributed by atoms with Crippen molar-refractivity contribution >= 4 is 12.0 Å². The van der Waals surface area contributed by atoms with Crippen LogP contribution in [0.4, 0.5) is 0 Å². The second kappa shape index (κ2) is 5.91. The highest BCUT2D eigenvalue weighted by Crippen LogP contribution is 2.20. The van der Waals surface area contributed by atoms with E-state index in [1.54, 1.807) is 6.20 Å². The first-order chi connectivity index (χ1) is 7.69. The molecule has 0 heterocycles. The van der Waals surface area contributed by atoms with Crippen LogP contribution in [-0.4, -0.2) is 6.41 Å². The van der Waals surface area contributed by atoms with Gasteiger partial charge in [0, 0.05) is 6.20 Å². The molecule has 0 radical (unpaired) electrons. The van der Waals surface area contributed by atoms with Gasteiger partial charge in [-0.15, -0.1) is 0 Å². The number of allylic oxidation sites excluding steroid dienone is 3. The van der Waals surface area contributed by atoms with Crippen LogP contribution in [0, 0.1) is 13.8 Å². The van der Waals surface area contributed by atoms with Crippen molar-refractivity contribution in [1.82, 2.24) is 5.32 Å². The quantitative estimate of drug-likeness (QED) is 0.607. The van der Waals surface area contributed by atoms with Gasteiger partial charge in [-0.1, -0.05) is 35.9 Å². The van der Waals surface area contributed by atoms with Crippen LogP contribution in [0.25, 0.3) is 5.57 Å². The van der Waals surface area contributed by atoms with Crippen molar-refractivity contribution in [3.05, 3.63) is 53.2 Å². The van der Waals surface area contributed by atoms with Gasteiger partial charge in [-0.2, -0.15) is 0 Å². The Bertz CT molecular complexity index is 430. The molecule has 1 aromatic carbocycles. The minimum absolute atomic E-state index is 0.675. The summed E-state index contributed by atoms with van der Waals surface area (Å²) in [6, 6.07) is 6.29. The smallest absolute Gasteiger partial charge is 0.211 e. The predicted molar refractivity (Wildman–Crippen MR) is 67.9 cm³/mol. The van der Waals surface area contributed by atoms with Gasteiger partial charge in [-0.05, 0) is 37.5 Å². The van der Waals surface area contributed by atoms with Gasteiger partial charge in [0.1, 0.15) is 0 Å². The molecular weight excluding hydrogens is 198 g/mol. The average Bonchev–Trinajstić information content (AvgIpc) is 2.28. The molecule has 1 rings (SSSR count). The second-order valence-electron chi connectivity index (χ2n) is 3.70. The van der Waals surface area contributed by atoms with Crippen LogP contribution in [-0.2, 0) is 4.79 Å². The highest BCUT2D eigenvalue weighted by molar-refractivity contribution is 5.77. The Balaban J connectivity index is 3.19. The number of nitrogens with one attached hydrogen (secondary N) is 1. The van der Waals surface area contributed by atoms with Gasteiger partial charge < -0.3 is 5.32 Å². The van der Waals surface area contributed by atoms with E-state index in [9.17, 15) is 4.79 Å². The van der Waals surface area contributed by atoms with Crippen molar-refractivity contribution in [2.75, 3.05) is 0 Å². The van der Waals surface area contributed by atoms with E-state index >= 15 is 0 Å². The molecule has 0 bridgehead atoms. The molecule has 0 aliphatic heterocycles. The third kappa shape index (κ3) is 3.09. The van der Waals surface area contributed by atoms with Gasteiger partial charge in [-0.25, -0.2) is 0 Å². The van der Waals surface area contributed by atoms with E-state index in [1.165, 1.54) is 11.1 Å². The Kier molecular flexibility index (Phi) is 4.52. The Hall–Kier alpha value is -1.83. The van der Waals surface area contributed by atoms with Gasteiger partial charge in [0.05, 0.1) is 0 Å². The minimum atomic E-state index is 0.675. The van der Waals surface area contributed by atoms with Gasteiger partial charge in [-0.3, -0.25) is 4.79 Å². The molecule has 0 saturated heterocycles. The number of hydrogen-bond acceptors (Lipinski definition) is 1. The lowest BCUT2D eigenvalue weighted by Gasteiger charge is -2.08. The van der Waals surface area contributed by atoms with Crippen molar-refractivity contribution in [3.8, 4) is 0 Å². The monoisotopic (exact) mass is 215 g/mol. The highest BCUT2D eigenvalue weighted by atomic mass is 16.1. The molecule has 2 heteroatoms. The molecule has 0 fully saturated rings. The molecule has 1 amide bonds. The van der Waals surface area contributed by atoms with E-state index in [0.29, 0.717) is 6.41 Å². The summed E-state index contributed by atoms with van der Waals surface area (Å²) >= 11 is 0. The molecule has 0 saturated carbocycles. The summed E-state index contributed by atoms with van der Waals surface area (Å²) in [5.74, 6) is 0. The summed E-state index contributed by atoms with van der Waals surface area (Å²) < 4.78 is 0. The third-order valence-corrected chi connectivity index (χ3v) is 2.36. The van der Waals surface area contributed by atoms with E-state index in [1.807, 2.05) is 19.1 Å². The number of benzene rings is 1. The SMILES string of the molecule is C/C=C\C(=C/NC=O)c1cc(C)ccc1C. The van der Waals surface area contributed by atoms with E-state index in [4.69, 9.17) is 0 Å². The van der Waals surface area contributed by atoms with E-state index < -0.39 is 0 Å². The van der Waals surface area contributed by atoms with Crippen LogP contribution in [0.5, 0.6) is 0 Å². The molecule has 84 valence electrons. The van der Waals surface area contributed by atoms with Crippen LogP contribution in [0.15, 0.2) is 36.6 Å². The van der Waals surface area contributed by atoms with Gasteiger partial charge >= 0.3 is 0 Å². The maximum atomic E-state index is 10.3. The number of aryl methyl sites for hydroxylation is 2. The number of hydrogen-bond donors (Lipinski definition) is 1. The fraction of sp³-hybridized carbons (Fsp3) is 0.214. The fourth-order valence-corrected chi connectivity index (χ4v) is 1.57. The number of carbonyl (C=O) groups is 1. The normalized spacial score (nSPS) is 11.8. The lowest BCUT2D eigenvalue weighted by molar-refractivity contribution is -0.108.